The van der Waals surface area contributed by atoms with E-state index in [2.05, 4.69) is 29.2 Å². The highest BCUT2D eigenvalue weighted by atomic mass is 35.5. The molecule has 0 bridgehead atoms. The molecular weight excluding hydrogens is 361 g/mol. The van der Waals surface area contributed by atoms with Crippen molar-refractivity contribution in [2.24, 2.45) is 0 Å². The van der Waals surface area contributed by atoms with Crippen LogP contribution in [0.3, 0.4) is 0 Å². The first-order valence-electron chi connectivity index (χ1n) is 8.30. The smallest absolute Gasteiger partial charge is 0.257 e. The van der Waals surface area contributed by atoms with E-state index in [1.807, 2.05) is 18.2 Å². The largest absolute Gasteiger partial charge is 0.360 e. The Hall–Kier alpha value is -1.56. The predicted octanol–water partition coefficient (Wildman–Crippen LogP) is 4.19. The lowest BCUT2D eigenvalue weighted by Crippen LogP contribution is -2.30. The maximum absolute atomic E-state index is 12.5. The van der Waals surface area contributed by atoms with Crippen molar-refractivity contribution >= 4 is 29.9 Å². The fourth-order valence-electron chi connectivity index (χ4n) is 2.61. The number of benzene rings is 1. The molecule has 0 aliphatic rings. The van der Waals surface area contributed by atoms with Crippen LogP contribution in [0.15, 0.2) is 28.8 Å². The maximum atomic E-state index is 12.5. The number of hydrogen-bond acceptors (Lipinski definition) is 4. The summed E-state index contributed by atoms with van der Waals surface area (Å²) in [4.78, 5) is 14.9. The molecule has 5 nitrogen and oxygen atoms in total. The monoisotopic (exact) mass is 385 g/mol. The molecule has 0 fully saturated rings. The Morgan fingerprint density at radius 1 is 1.28 bits per heavy atom. The lowest BCUT2D eigenvalue weighted by molar-refractivity contribution is 0.0951. The summed E-state index contributed by atoms with van der Waals surface area (Å²) >= 11 is 6.22. The Balaban J connectivity index is 0.00000312. The molecule has 0 saturated heterocycles. The third-order valence-corrected chi connectivity index (χ3v) is 4.38. The van der Waals surface area contributed by atoms with Crippen molar-refractivity contribution in [3.8, 4) is 11.3 Å². The van der Waals surface area contributed by atoms with Crippen LogP contribution in [0.25, 0.3) is 11.3 Å². The van der Waals surface area contributed by atoms with Gasteiger partial charge in [-0.2, -0.15) is 0 Å². The molecule has 0 aliphatic carbocycles. The van der Waals surface area contributed by atoms with Crippen LogP contribution in [0.4, 0.5) is 0 Å². The number of carbonyl (C=O) groups is 1. The van der Waals surface area contributed by atoms with Crippen molar-refractivity contribution in [1.82, 2.24) is 15.4 Å². The van der Waals surface area contributed by atoms with Crippen LogP contribution < -0.4 is 5.32 Å². The number of carbonyl (C=O) groups excluding carboxylic acids is 1. The predicted molar refractivity (Wildman–Crippen MR) is 104 cm³/mol. The van der Waals surface area contributed by atoms with Crippen molar-refractivity contribution in [3.63, 3.8) is 0 Å². The number of nitrogens with one attached hydrogen (secondary N) is 1. The van der Waals surface area contributed by atoms with Gasteiger partial charge in [-0.1, -0.05) is 48.8 Å². The topological polar surface area (TPSA) is 58.4 Å². The summed E-state index contributed by atoms with van der Waals surface area (Å²) in [5.74, 6) is 0.314. The quantitative estimate of drug-likeness (QED) is 0.692. The minimum absolute atomic E-state index is 0. The van der Waals surface area contributed by atoms with Gasteiger partial charge in [-0.25, -0.2) is 0 Å². The van der Waals surface area contributed by atoms with Crippen molar-refractivity contribution < 1.29 is 9.32 Å². The summed E-state index contributed by atoms with van der Waals surface area (Å²) in [5.41, 5.74) is 1.63. The van der Waals surface area contributed by atoms with Crippen molar-refractivity contribution in [1.29, 1.82) is 0 Å². The third kappa shape index (κ3) is 5.46. The van der Waals surface area contributed by atoms with Gasteiger partial charge in [0.2, 0.25) is 0 Å². The molecule has 1 N–H and O–H groups in total. The van der Waals surface area contributed by atoms with Gasteiger partial charge in [0, 0.05) is 12.1 Å². The zero-order valence-electron chi connectivity index (χ0n) is 14.8. The SMILES string of the molecule is CCN(CC)CCCNC(=O)c1c(-c2ccccc2Cl)noc1C.Cl. The van der Waals surface area contributed by atoms with Crippen LogP contribution in [-0.2, 0) is 0 Å². The highest BCUT2D eigenvalue weighted by molar-refractivity contribution is 6.33. The fourth-order valence-corrected chi connectivity index (χ4v) is 2.83. The van der Waals surface area contributed by atoms with Crippen molar-refractivity contribution in [2.75, 3.05) is 26.2 Å². The van der Waals surface area contributed by atoms with Crippen LogP contribution >= 0.6 is 24.0 Å². The molecule has 0 atom stereocenters. The molecule has 2 aromatic rings. The Kier molecular flexibility index (Phi) is 8.97. The second-order valence-corrected chi connectivity index (χ2v) is 5.99. The van der Waals surface area contributed by atoms with E-state index in [-0.39, 0.29) is 18.3 Å². The van der Waals surface area contributed by atoms with Crippen LogP contribution in [0.1, 0.15) is 36.4 Å². The number of aromatic nitrogens is 1. The summed E-state index contributed by atoms with van der Waals surface area (Å²) in [5, 5.41) is 7.52. The van der Waals surface area contributed by atoms with E-state index in [9.17, 15) is 4.79 Å². The molecule has 138 valence electrons. The van der Waals surface area contributed by atoms with E-state index in [1.165, 1.54) is 0 Å². The minimum atomic E-state index is -0.178. The minimum Gasteiger partial charge on any atom is -0.360 e. The summed E-state index contributed by atoms with van der Waals surface area (Å²) in [6, 6.07) is 7.30. The van der Waals surface area contributed by atoms with E-state index >= 15 is 0 Å². The number of halogens is 2. The molecule has 0 unspecified atom stereocenters. The molecule has 1 aromatic heterocycles. The second kappa shape index (κ2) is 10.4. The summed E-state index contributed by atoms with van der Waals surface area (Å²) in [6.07, 6.45) is 0.902. The lowest BCUT2D eigenvalue weighted by atomic mass is 10.1. The third-order valence-electron chi connectivity index (χ3n) is 4.05. The Morgan fingerprint density at radius 3 is 2.60 bits per heavy atom. The zero-order valence-corrected chi connectivity index (χ0v) is 16.4. The van der Waals surface area contributed by atoms with Crippen LogP contribution in [0, 0.1) is 6.92 Å². The molecule has 0 spiro atoms. The molecule has 7 heteroatoms. The van der Waals surface area contributed by atoms with Crippen molar-refractivity contribution in [3.05, 3.63) is 40.6 Å². The molecule has 1 aromatic carbocycles. The Labute approximate surface area is 160 Å². The van der Waals surface area contributed by atoms with E-state index in [1.54, 1.807) is 13.0 Å². The molecule has 1 amide bonds. The standard InChI is InChI=1S/C18H24ClN3O2.ClH/c1-4-22(5-2)12-8-11-20-18(23)16-13(3)24-21-17(16)14-9-6-7-10-15(14)19;/h6-7,9-10H,4-5,8,11-12H2,1-3H3,(H,20,23);1H. The summed E-state index contributed by atoms with van der Waals surface area (Å²) in [6.45, 7) is 9.63. The van der Waals surface area contributed by atoms with E-state index < -0.39 is 0 Å². The maximum Gasteiger partial charge on any atom is 0.257 e. The van der Waals surface area contributed by atoms with Crippen LogP contribution in [-0.4, -0.2) is 42.1 Å². The number of rotatable bonds is 8. The van der Waals surface area contributed by atoms with E-state index in [4.69, 9.17) is 16.1 Å². The lowest BCUT2D eigenvalue weighted by Gasteiger charge is -2.17. The van der Waals surface area contributed by atoms with Gasteiger partial charge >= 0.3 is 0 Å². The Bertz CT molecular complexity index is 685. The first kappa shape index (κ1) is 21.5. The van der Waals surface area contributed by atoms with E-state index in [0.717, 1.165) is 26.1 Å². The molecular formula is C18H25Cl2N3O2. The van der Waals surface area contributed by atoms with Gasteiger partial charge in [-0.15, -0.1) is 12.4 Å². The van der Waals surface area contributed by atoms with E-state index in [0.29, 0.717) is 34.1 Å². The van der Waals surface area contributed by atoms with Gasteiger partial charge in [-0.3, -0.25) is 4.79 Å². The first-order valence-corrected chi connectivity index (χ1v) is 8.68. The highest BCUT2D eigenvalue weighted by Crippen LogP contribution is 2.30. The normalized spacial score (nSPS) is 10.6. The van der Waals surface area contributed by atoms with Crippen LogP contribution in [0.5, 0.6) is 0 Å². The van der Waals surface area contributed by atoms with Gasteiger partial charge in [0.1, 0.15) is 17.0 Å². The average Bonchev–Trinajstić information content (AvgIpc) is 2.97. The molecule has 25 heavy (non-hydrogen) atoms. The summed E-state index contributed by atoms with van der Waals surface area (Å²) in [7, 11) is 0. The van der Waals surface area contributed by atoms with Crippen LogP contribution in [0.2, 0.25) is 5.02 Å². The molecule has 0 aliphatic heterocycles. The number of hydrogen-bond donors (Lipinski definition) is 1. The first-order chi connectivity index (χ1) is 11.6. The molecule has 0 radical (unpaired) electrons. The summed E-state index contributed by atoms with van der Waals surface area (Å²) < 4.78 is 5.23. The van der Waals surface area contributed by atoms with Gasteiger partial charge in [-0.05, 0) is 39.0 Å². The van der Waals surface area contributed by atoms with Gasteiger partial charge in [0.25, 0.3) is 5.91 Å². The number of nitrogens with zero attached hydrogens (tertiary/aromatic N) is 2. The highest BCUT2D eigenvalue weighted by Gasteiger charge is 2.22. The zero-order chi connectivity index (χ0) is 17.5. The average molecular weight is 386 g/mol. The number of aryl methyl sites for hydroxylation is 1. The molecule has 0 saturated carbocycles. The van der Waals surface area contributed by atoms with Gasteiger partial charge in [0.05, 0.1) is 5.02 Å². The Morgan fingerprint density at radius 2 is 1.96 bits per heavy atom. The fraction of sp³-hybridized carbons (Fsp3) is 0.444. The number of amides is 1. The molecule has 1 heterocycles. The van der Waals surface area contributed by atoms with Gasteiger partial charge < -0.3 is 14.7 Å². The van der Waals surface area contributed by atoms with Crippen molar-refractivity contribution in [2.45, 2.75) is 27.2 Å². The van der Waals surface area contributed by atoms with Gasteiger partial charge in [0.15, 0.2) is 0 Å². The second-order valence-electron chi connectivity index (χ2n) is 5.58. The molecule has 2 rings (SSSR count).